The number of ether oxygens (including phenoxy) is 6. The Morgan fingerprint density at radius 2 is 0.538 bits per heavy atom. The van der Waals surface area contributed by atoms with Gasteiger partial charge in [-0.05, 0) is 59.3 Å². The van der Waals surface area contributed by atoms with Gasteiger partial charge >= 0.3 is 19.8 Å². The van der Waals surface area contributed by atoms with Crippen LogP contribution in [0.15, 0.2) is 0 Å². The summed E-state index contributed by atoms with van der Waals surface area (Å²) in [5.74, 6) is -8.54. The minimum Gasteiger partial charge on any atom is -0.550 e. The molecule has 0 rings (SSSR count). The number of rotatable bonds is 30. The molecule has 0 radical (unpaired) electrons. The molecule has 0 saturated carbocycles. The van der Waals surface area contributed by atoms with E-state index >= 15 is 0 Å². The molecule has 0 aliphatic heterocycles. The van der Waals surface area contributed by atoms with Gasteiger partial charge in [0, 0.05) is 76.8 Å². The van der Waals surface area contributed by atoms with Gasteiger partial charge in [0.2, 0.25) is 0 Å². The topological polar surface area (TPSA) is 227 Å². The molecule has 52 heavy (non-hydrogen) atoms. The van der Waals surface area contributed by atoms with Crippen LogP contribution >= 0.6 is 0 Å². The fourth-order valence-electron chi connectivity index (χ4n) is 4.08. The second-order valence-electron chi connectivity index (χ2n) is 12.3. The van der Waals surface area contributed by atoms with Gasteiger partial charge in [0.1, 0.15) is 17.3 Å². The molecular formula is C36H63GaO15. The number of hydrogen-bond donors (Lipinski definition) is 0. The Bertz CT molecular complexity index is 855. The summed E-state index contributed by atoms with van der Waals surface area (Å²) in [4.78, 5) is 65.2. The largest absolute Gasteiger partial charge is 3.00 e. The van der Waals surface area contributed by atoms with Crippen molar-refractivity contribution < 1.29 is 72.5 Å². The molecule has 0 bridgehead atoms. The summed E-state index contributed by atoms with van der Waals surface area (Å²) in [6.45, 7) is 19.5. The van der Waals surface area contributed by atoms with Crippen molar-refractivity contribution >= 4 is 55.0 Å². The second kappa shape index (κ2) is 33.4. The van der Waals surface area contributed by atoms with Gasteiger partial charge in [-0.25, -0.2) is 0 Å². The summed E-state index contributed by atoms with van der Waals surface area (Å²) < 4.78 is 32.9. The first-order valence-corrected chi connectivity index (χ1v) is 17.8. The second-order valence-corrected chi connectivity index (χ2v) is 12.3. The molecule has 0 atom stereocenters. The molecule has 0 aliphatic carbocycles. The Hall–Kier alpha value is -2.18. The van der Waals surface area contributed by atoms with E-state index in [4.69, 9.17) is 28.4 Å². The average molecular weight is 806 g/mol. The van der Waals surface area contributed by atoms with E-state index in [0.29, 0.717) is 39.6 Å². The Kier molecular flexibility index (Phi) is 36.3. The first-order valence-electron chi connectivity index (χ1n) is 17.8. The molecule has 16 heteroatoms. The van der Waals surface area contributed by atoms with Crippen LogP contribution in [0.2, 0.25) is 0 Å². The van der Waals surface area contributed by atoms with E-state index in [-0.39, 0.29) is 39.1 Å². The van der Waals surface area contributed by atoms with Crippen LogP contribution in [0, 0.1) is 0 Å². The summed E-state index contributed by atoms with van der Waals surface area (Å²) in [5, 5.41) is 30.9. The number of aliphatic carboxylic acids is 3. The Labute approximate surface area is 323 Å². The maximum Gasteiger partial charge on any atom is 3.00 e. The molecule has 300 valence electrons. The van der Waals surface area contributed by atoms with Crippen molar-refractivity contribution in [2.24, 2.45) is 0 Å². The van der Waals surface area contributed by atoms with Crippen molar-refractivity contribution in [3.8, 4) is 0 Å². The molecular weight excluding hydrogens is 742 g/mol. The molecule has 0 spiro atoms. The summed E-state index contributed by atoms with van der Waals surface area (Å²) in [6.07, 6.45) is 2.84. The van der Waals surface area contributed by atoms with Gasteiger partial charge < -0.3 is 58.1 Å². The van der Waals surface area contributed by atoms with E-state index in [2.05, 4.69) is 0 Å². The third-order valence-electron chi connectivity index (χ3n) is 6.25. The quantitative estimate of drug-likeness (QED) is 0.0571. The van der Waals surface area contributed by atoms with Crippen LogP contribution in [0.4, 0.5) is 0 Å². The molecule has 0 aromatic heterocycles. The standard InChI is InChI=1S/3C12H22O5.Ga/c3*1-4-6-16-12(3,17-7-5-2)9-10(13)8-11(14)15;/h3*4-9H2,1-3H3,(H,14,15);/q;;;+3/p-3. The molecule has 15 nitrogen and oxygen atoms in total. The van der Waals surface area contributed by atoms with E-state index in [1.807, 2.05) is 41.5 Å². The number of Topliss-reactive ketones (excluding diaryl/α,β-unsaturated/α-hetero) is 3. The van der Waals surface area contributed by atoms with Gasteiger partial charge in [0.25, 0.3) is 0 Å². The molecule has 0 aliphatic rings. The number of carboxylic acids is 3. The van der Waals surface area contributed by atoms with Gasteiger partial charge in [0.05, 0.1) is 19.3 Å². The van der Waals surface area contributed by atoms with Crippen molar-refractivity contribution in [1.82, 2.24) is 0 Å². The first kappa shape index (κ1) is 56.6. The monoisotopic (exact) mass is 804 g/mol. The van der Waals surface area contributed by atoms with Gasteiger partial charge in [-0.15, -0.1) is 0 Å². The van der Waals surface area contributed by atoms with Gasteiger partial charge in [-0.3, -0.25) is 14.4 Å². The maximum atomic E-state index is 11.4. The zero-order valence-electron chi connectivity index (χ0n) is 32.9. The normalized spacial score (nSPS) is 11.2. The third-order valence-corrected chi connectivity index (χ3v) is 6.25. The predicted molar refractivity (Wildman–Crippen MR) is 186 cm³/mol. The van der Waals surface area contributed by atoms with E-state index < -0.39 is 71.9 Å². The van der Waals surface area contributed by atoms with Crippen LogP contribution in [0.3, 0.4) is 0 Å². The van der Waals surface area contributed by atoms with Gasteiger partial charge in [-0.2, -0.15) is 0 Å². The SMILES string of the molecule is CCCOC(C)(CC(=O)CC(=O)[O-])OCCC.CCCOC(C)(CC(=O)CC(=O)[O-])OCCC.CCCOC(C)(CC(=O)CC(=O)[O-])OCCC.[Ga+3]. The molecule has 0 fully saturated rings. The number of carboxylic acid groups (broad SMARTS) is 3. The minimum atomic E-state index is -1.37. The van der Waals surface area contributed by atoms with Crippen LogP contribution in [-0.4, -0.2) is 112 Å². The zero-order valence-corrected chi connectivity index (χ0v) is 35.4. The number of carbonyl (C=O) groups excluding carboxylic acids is 6. The van der Waals surface area contributed by atoms with Crippen molar-refractivity contribution in [3.05, 3.63) is 0 Å². The van der Waals surface area contributed by atoms with Crippen molar-refractivity contribution in [2.45, 2.75) is 157 Å². The number of hydrogen-bond acceptors (Lipinski definition) is 15. The van der Waals surface area contributed by atoms with E-state index in [1.165, 1.54) is 0 Å². The summed E-state index contributed by atoms with van der Waals surface area (Å²) in [5.41, 5.74) is 0. The van der Waals surface area contributed by atoms with E-state index in [0.717, 1.165) is 38.5 Å². The summed E-state index contributed by atoms with van der Waals surface area (Å²) >= 11 is 0. The molecule has 0 N–H and O–H groups in total. The molecule has 0 saturated heterocycles. The smallest absolute Gasteiger partial charge is 0.550 e. The fraction of sp³-hybridized carbons (Fsp3) is 0.833. The van der Waals surface area contributed by atoms with E-state index in [9.17, 15) is 44.1 Å². The van der Waals surface area contributed by atoms with Crippen molar-refractivity contribution in [2.75, 3.05) is 39.6 Å². The predicted octanol–water partition coefficient (Wildman–Crippen LogP) is 1.58. The first-order chi connectivity index (χ1) is 23.8. The van der Waals surface area contributed by atoms with Crippen molar-refractivity contribution in [3.63, 3.8) is 0 Å². The number of ketones is 3. The van der Waals surface area contributed by atoms with Crippen LogP contribution < -0.4 is 15.3 Å². The summed E-state index contributed by atoms with van der Waals surface area (Å²) in [7, 11) is 0. The van der Waals surface area contributed by atoms with Crippen molar-refractivity contribution in [1.29, 1.82) is 0 Å². The minimum absolute atomic E-state index is 0. The molecule has 0 heterocycles. The van der Waals surface area contributed by atoms with Crippen LogP contribution in [0.5, 0.6) is 0 Å². The molecule has 0 unspecified atom stereocenters. The van der Waals surface area contributed by atoms with Crippen LogP contribution in [0.25, 0.3) is 0 Å². The molecule has 0 aromatic carbocycles. The third kappa shape index (κ3) is 34.9. The zero-order chi connectivity index (χ0) is 39.9. The van der Waals surface area contributed by atoms with Crippen LogP contribution in [-0.2, 0) is 57.2 Å². The Morgan fingerprint density at radius 3 is 0.654 bits per heavy atom. The average Bonchev–Trinajstić information content (AvgIpc) is 3.02. The van der Waals surface area contributed by atoms with Gasteiger partial charge in [0.15, 0.2) is 17.4 Å². The van der Waals surface area contributed by atoms with Gasteiger partial charge in [-0.1, -0.05) is 41.5 Å². The Balaban J connectivity index is -0.000000329. The molecule has 0 amide bonds. The van der Waals surface area contributed by atoms with E-state index in [1.54, 1.807) is 20.8 Å². The fourth-order valence-corrected chi connectivity index (χ4v) is 4.08. The Morgan fingerprint density at radius 1 is 0.385 bits per heavy atom. The molecule has 0 aromatic rings. The maximum absolute atomic E-state index is 11.4. The summed E-state index contributed by atoms with van der Waals surface area (Å²) in [6, 6.07) is 0. The number of carbonyl (C=O) groups is 6. The van der Waals surface area contributed by atoms with Crippen LogP contribution in [0.1, 0.15) is 139 Å².